The first-order valence-electron chi connectivity index (χ1n) is 12.8. The number of hydrogen-bond acceptors (Lipinski definition) is 9. The topological polar surface area (TPSA) is 131 Å². The number of ether oxygens (including phenoxy) is 1. The molecule has 4 heterocycles. The van der Waals surface area contributed by atoms with Crippen molar-refractivity contribution < 1.29 is 22.3 Å². The molecule has 2 atom stereocenters. The van der Waals surface area contributed by atoms with E-state index < -0.39 is 26.1 Å². The van der Waals surface area contributed by atoms with Crippen LogP contribution in [0.2, 0.25) is 0 Å². The monoisotopic (exact) mass is 566 g/mol. The average Bonchev–Trinajstić information content (AvgIpc) is 3.39. The number of Topliss-reactive ketones (excluding diaryl/α,β-unsaturated/α-hetero) is 1. The Morgan fingerprint density at radius 1 is 1.18 bits per heavy atom. The molecule has 2 N–H and O–H groups in total. The number of carbonyl (C=O) groups excluding carboxylic acids is 1. The molecule has 1 saturated heterocycles. The Hall–Kier alpha value is -3.90. The second-order valence-electron chi connectivity index (χ2n) is 10.3. The maximum Gasteiger partial charge on any atom is 0.247 e. The van der Waals surface area contributed by atoms with Crippen molar-refractivity contribution in [2.75, 3.05) is 27.2 Å². The lowest BCUT2D eigenvalue weighted by atomic mass is 9.77. The number of halogens is 1. The van der Waals surface area contributed by atoms with Crippen LogP contribution >= 0.6 is 0 Å². The molecule has 0 aliphatic carbocycles. The number of guanidine groups is 1. The molecule has 0 amide bonds. The third kappa shape index (κ3) is 4.50. The average molecular weight is 567 g/mol. The van der Waals surface area contributed by atoms with E-state index in [1.54, 1.807) is 25.3 Å². The summed E-state index contributed by atoms with van der Waals surface area (Å²) >= 11 is 0. The van der Waals surface area contributed by atoms with E-state index in [-0.39, 0.29) is 42.4 Å². The van der Waals surface area contributed by atoms with Gasteiger partial charge in [-0.25, -0.2) is 27.1 Å². The lowest BCUT2D eigenvalue weighted by molar-refractivity contribution is 0.0988. The minimum absolute atomic E-state index is 0.0622. The van der Waals surface area contributed by atoms with E-state index in [2.05, 4.69) is 15.0 Å². The molecular weight excluding hydrogens is 535 g/mol. The molecule has 10 nitrogen and oxygen atoms in total. The van der Waals surface area contributed by atoms with Gasteiger partial charge in [0.1, 0.15) is 27.5 Å². The number of likely N-dealkylation sites (tertiary alicyclic amines) is 1. The first-order chi connectivity index (χ1) is 19.0. The van der Waals surface area contributed by atoms with E-state index in [0.29, 0.717) is 24.4 Å². The van der Waals surface area contributed by atoms with Crippen molar-refractivity contribution in [3.8, 4) is 5.75 Å². The number of nitrogens with zero attached hydrogens (tertiary/aromatic N) is 5. The normalized spacial score (nSPS) is 24.2. The largest absolute Gasteiger partial charge is 0.495 e. The summed E-state index contributed by atoms with van der Waals surface area (Å²) in [6.07, 6.45) is 3.28. The molecule has 1 fully saturated rings. The SMILES string of the molecule is COc1ccc(C(=O)Cc2ccc(F)c([C@@]3(C)N=C(N)N(C)S(=O)(=O)[C@@]34CCN(Cc3ccccn3)C4)c2)nc1. The zero-order valence-corrected chi connectivity index (χ0v) is 23.4. The lowest BCUT2D eigenvalue weighted by Gasteiger charge is -2.48. The Labute approximate surface area is 232 Å². The highest BCUT2D eigenvalue weighted by Crippen LogP contribution is 2.51. The van der Waals surface area contributed by atoms with Crippen LogP contribution in [0.5, 0.6) is 5.75 Å². The van der Waals surface area contributed by atoms with E-state index in [1.807, 2.05) is 23.1 Å². The number of pyridine rings is 2. The summed E-state index contributed by atoms with van der Waals surface area (Å²) in [4.78, 5) is 28.1. The Balaban J connectivity index is 1.54. The van der Waals surface area contributed by atoms with Crippen LogP contribution in [0.4, 0.5) is 4.39 Å². The first-order valence-corrected chi connectivity index (χ1v) is 14.2. The summed E-state index contributed by atoms with van der Waals surface area (Å²) in [7, 11) is -1.20. The second kappa shape index (κ2) is 10.3. The van der Waals surface area contributed by atoms with Gasteiger partial charge in [0, 0.05) is 44.9 Å². The van der Waals surface area contributed by atoms with E-state index >= 15 is 4.39 Å². The third-order valence-corrected chi connectivity index (χ3v) is 10.6. The van der Waals surface area contributed by atoms with Gasteiger partial charge in [0.15, 0.2) is 5.78 Å². The molecular formula is C28H31FN6O4S. The van der Waals surface area contributed by atoms with Crippen LogP contribution in [0.1, 0.15) is 40.7 Å². The predicted octanol–water partition coefficient (Wildman–Crippen LogP) is 2.50. The fourth-order valence-corrected chi connectivity index (χ4v) is 7.83. The zero-order chi connectivity index (χ0) is 28.7. The number of rotatable bonds is 7. The summed E-state index contributed by atoms with van der Waals surface area (Å²) in [5, 5.41) is 0. The van der Waals surface area contributed by atoms with Gasteiger partial charge in [-0.05, 0) is 55.3 Å². The predicted molar refractivity (Wildman–Crippen MR) is 148 cm³/mol. The van der Waals surface area contributed by atoms with E-state index in [4.69, 9.17) is 10.5 Å². The number of ketones is 1. The molecule has 1 spiro atoms. The van der Waals surface area contributed by atoms with E-state index in [1.165, 1.54) is 38.6 Å². The highest BCUT2D eigenvalue weighted by Gasteiger charge is 2.66. The number of nitrogens with two attached hydrogens (primary N) is 1. The van der Waals surface area contributed by atoms with Crippen LogP contribution in [-0.4, -0.2) is 71.3 Å². The van der Waals surface area contributed by atoms with Crippen LogP contribution in [0, 0.1) is 5.82 Å². The van der Waals surface area contributed by atoms with Gasteiger partial charge in [-0.1, -0.05) is 12.1 Å². The molecule has 2 aromatic heterocycles. The van der Waals surface area contributed by atoms with Crippen molar-refractivity contribution in [3.63, 3.8) is 0 Å². The number of carbonyl (C=O) groups is 1. The molecule has 1 aromatic carbocycles. The van der Waals surface area contributed by atoms with Gasteiger partial charge in [-0.15, -0.1) is 0 Å². The molecule has 0 unspecified atom stereocenters. The van der Waals surface area contributed by atoms with Gasteiger partial charge in [0.2, 0.25) is 16.0 Å². The highest BCUT2D eigenvalue weighted by molar-refractivity contribution is 7.91. The van der Waals surface area contributed by atoms with Crippen molar-refractivity contribution >= 4 is 21.8 Å². The van der Waals surface area contributed by atoms with Crippen molar-refractivity contribution in [2.45, 2.75) is 36.6 Å². The second-order valence-corrected chi connectivity index (χ2v) is 12.6. The van der Waals surface area contributed by atoms with Crippen molar-refractivity contribution in [1.29, 1.82) is 0 Å². The van der Waals surface area contributed by atoms with Gasteiger partial charge in [0.05, 0.1) is 19.0 Å². The minimum Gasteiger partial charge on any atom is -0.495 e. The fourth-order valence-electron chi connectivity index (χ4n) is 5.66. The lowest BCUT2D eigenvalue weighted by Crippen LogP contribution is -2.66. The molecule has 210 valence electrons. The molecule has 40 heavy (non-hydrogen) atoms. The fraction of sp³-hybridized carbons (Fsp3) is 0.357. The smallest absolute Gasteiger partial charge is 0.247 e. The number of aliphatic imine (C=N–C) groups is 1. The van der Waals surface area contributed by atoms with Gasteiger partial charge < -0.3 is 10.5 Å². The zero-order valence-electron chi connectivity index (χ0n) is 22.5. The summed E-state index contributed by atoms with van der Waals surface area (Å²) in [5.41, 5.74) is 6.16. The summed E-state index contributed by atoms with van der Waals surface area (Å²) < 4.78 is 48.4. The molecule has 0 radical (unpaired) electrons. The van der Waals surface area contributed by atoms with Crippen LogP contribution in [-0.2, 0) is 28.5 Å². The van der Waals surface area contributed by atoms with E-state index in [9.17, 15) is 13.2 Å². The standard InChI is InChI=1S/C28H31FN6O4S/c1-27(22-14-19(7-9-23(22)29)15-25(36)24-10-8-21(39-3)16-32-24)28(40(37,38)34(2)26(30)33-27)11-13-35(18-28)17-20-6-4-5-12-31-20/h4-10,12,14,16H,11,13,15,17-18H2,1-3H3,(H2,30,33)/t27-,28-/m1/s1. The molecule has 0 saturated carbocycles. The summed E-state index contributed by atoms with van der Waals surface area (Å²) in [6.45, 7) is 2.59. The van der Waals surface area contributed by atoms with Crippen molar-refractivity contribution in [3.05, 3.63) is 89.3 Å². The molecule has 0 bridgehead atoms. The van der Waals surface area contributed by atoms with E-state index in [0.717, 1.165) is 10.00 Å². The van der Waals surface area contributed by atoms with Crippen molar-refractivity contribution in [2.24, 2.45) is 10.7 Å². The molecule has 3 aromatic rings. The number of aromatic nitrogens is 2. The van der Waals surface area contributed by atoms with Gasteiger partial charge in [-0.2, -0.15) is 0 Å². The Kier molecular flexibility index (Phi) is 7.09. The van der Waals surface area contributed by atoms with Gasteiger partial charge >= 0.3 is 0 Å². The van der Waals surface area contributed by atoms with Crippen LogP contribution < -0.4 is 10.5 Å². The maximum atomic E-state index is 15.6. The highest BCUT2D eigenvalue weighted by atomic mass is 32.2. The summed E-state index contributed by atoms with van der Waals surface area (Å²) in [5.74, 6) is -0.604. The van der Waals surface area contributed by atoms with Crippen molar-refractivity contribution in [1.82, 2.24) is 19.2 Å². The molecule has 2 aliphatic heterocycles. The minimum atomic E-state index is -4.07. The van der Waals surface area contributed by atoms with Gasteiger partial charge in [0.25, 0.3) is 0 Å². The maximum absolute atomic E-state index is 15.6. The third-order valence-electron chi connectivity index (χ3n) is 8.00. The Bertz CT molecular complexity index is 1570. The molecule has 12 heteroatoms. The van der Waals surface area contributed by atoms with Crippen LogP contribution in [0.25, 0.3) is 0 Å². The Morgan fingerprint density at radius 2 is 1.98 bits per heavy atom. The molecule has 5 rings (SSSR count). The first kappa shape index (κ1) is 27.7. The summed E-state index contributed by atoms with van der Waals surface area (Å²) in [6, 6.07) is 13.0. The van der Waals surface area contributed by atoms with Crippen LogP contribution in [0.3, 0.4) is 0 Å². The quantitative estimate of drug-likeness (QED) is 0.432. The Morgan fingerprint density at radius 3 is 2.65 bits per heavy atom. The van der Waals surface area contributed by atoms with Crippen LogP contribution in [0.15, 0.2) is 65.9 Å². The van der Waals surface area contributed by atoms with Gasteiger partial charge in [-0.3, -0.25) is 14.7 Å². The number of methoxy groups -OCH3 is 1. The number of hydrogen-bond donors (Lipinski definition) is 1. The molecule has 2 aliphatic rings. The number of sulfonamides is 1. The number of benzene rings is 1.